The van der Waals surface area contributed by atoms with Crippen molar-refractivity contribution in [1.82, 2.24) is 4.98 Å². The summed E-state index contributed by atoms with van der Waals surface area (Å²) < 4.78 is 0. The highest BCUT2D eigenvalue weighted by Crippen LogP contribution is 2.27. The molecule has 7 nitrogen and oxygen atoms in total. The Morgan fingerprint density at radius 1 is 0.969 bits per heavy atom. The molecule has 0 aliphatic heterocycles. The first-order chi connectivity index (χ1) is 15.6. The summed E-state index contributed by atoms with van der Waals surface area (Å²) in [6, 6.07) is 19.1. The number of pyridine rings is 1. The van der Waals surface area contributed by atoms with Crippen molar-refractivity contribution in [3.8, 4) is 0 Å². The molecular weight excluding hydrogens is 402 g/mol. The van der Waals surface area contributed by atoms with Gasteiger partial charge in [0.15, 0.2) is 0 Å². The van der Waals surface area contributed by atoms with E-state index in [1.54, 1.807) is 6.07 Å². The van der Waals surface area contributed by atoms with Gasteiger partial charge in [0.2, 0.25) is 5.91 Å². The van der Waals surface area contributed by atoms with Crippen LogP contribution in [0.1, 0.15) is 41.6 Å². The van der Waals surface area contributed by atoms with Gasteiger partial charge in [0.1, 0.15) is 5.82 Å². The van der Waals surface area contributed by atoms with Crippen LogP contribution in [0.25, 0.3) is 0 Å². The minimum atomic E-state index is -0.545. The Bertz CT molecular complexity index is 1090. The molecule has 0 saturated heterocycles. The number of primary amides is 1. The predicted octanol–water partition coefficient (Wildman–Crippen LogP) is 4.66. The topological polar surface area (TPSA) is 109 Å². The summed E-state index contributed by atoms with van der Waals surface area (Å²) in [5, 5.41) is 9.52. The molecule has 4 rings (SSSR count). The largest absolute Gasteiger partial charge is 0.380 e. The van der Waals surface area contributed by atoms with Gasteiger partial charge in [-0.15, -0.1) is 0 Å². The Hall–Kier alpha value is -3.87. The van der Waals surface area contributed by atoms with Crippen molar-refractivity contribution < 1.29 is 9.59 Å². The number of benzene rings is 2. The summed E-state index contributed by atoms with van der Waals surface area (Å²) in [5.41, 5.74) is 9.05. The van der Waals surface area contributed by atoms with Crippen molar-refractivity contribution in [1.29, 1.82) is 0 Å². The van der Waals surface area contributed by atoms with Crippen LogP contribution < -0.4 is 21.7 Å². The predicted molar refractivity (Wildman–Crippen MR) is 127 cm³/mol. The molecule has 1 heterocycles. The maximum Gasteiger partial charge on any atom is 0.252 e. The molecule has 3 aromatic rings. The van der Waals surface area contributed by atoms with Gasteiger partial charge in [-0.2, -0.15) is 0 Å². The molecule has 2 amide bonds. The molecule has 2 aromatic carbocycles. The number of anilines is 4. The highest BCUT2D eigenvalue weighted by Gasteiger charge is 2.22. The lowest BCUT2D eigenvalue weighted by Crippen LogP contribution is -2.20. The zero-order valence-electron chi connectivity index (χ0n) is 17.8. The first kappa shape index (κ1) is 21.4. The normalized spacial score (nSPS) is 13.5. The van der Waals surface area contributed by atoms with Gasteiger partial charge in [0.05, 0.1) is 11.3 Å². The smallest absolute Gasteiger partial charge is 0.252 e. The number of rotatable bonds is 8. The third kappa shape index (κ3) is 5.43. The van der Waals surface area contributed by atoms with E-state index in [-0.39, 0.29) is 11.8 Å². The molecule has 0 bridgehead atoms. The summed E-state index contributed by atoms with van der Waals surface area (Å²) in [6.07, 6.45) is 5.61. The summed E-state index contributed by atoms with van der Waals surface area (Å²) in [6.45, 7) is 0.549. The van der Waals surface area contributed by atoms with E-state index in [1.165, 1.54) is 6.20 Å². The Morgan fingerprint density at radius 3 is 2.47 bits per heavy atom. The van der Waals surface area contributed by atoms with E-state index in [0.29, 0.717) is 23.6 Å². The monoisotopic (exact) mass is 429 g/mol. The van der Waals surface area contributed by atoms with E-state index < -0.39 is 5.91 Å². The molecule has 0 atom stereocenters. The molecule has 164 valence electrons. The van der Waals surface area contributed by atoms with E-state index in [2.05, 4.69) is 20.9 Å². The highest BCUT2D eigenvalue weighted by atomic mass is 16.2. The van der Waals surface area contributed by atoms with Gasteiger partial charge in [0, 0.05) is 36.1 Å². The number of carbonyl (C=O) groups excluding carboxylic acids is 2. The number of hydrogen-bond donors (Lipinski definition) is 4. The molecule has 0 unspecified atom stereocenters. The third-order valence-electron chi connectivity index (χ3n) is 5.62. The minimum absolute atomic E-state index is 0.0796. The van der Waals surface area contributed by atoms with Gasteiger partial charge in [-0.3, -0.25) is 9.59 Å². The second-order valence-electron chi connectivity index (χ2n) is 7.99. The second kappa shape index (κ2) is 9.96. The van der Waals surface area contributed by atoms with Crippen LogP contribution in [0, 0.1) is 5.92 Å². The van der Waals surface area contributed by atoms with E-state index in [1.807, 2.05) is 54.6 Å². The molecule has 7 heteroatoms. The van der Waals surface area contributed by atoms with Gasteiger partial charge in [-0.25, -0.2) is 4.98 Å². The maximum absolute atomic E-state index is 12.4. The molecule has 1 aliphatic rings. The standard InChI is InChI=1S/C25H27N5O2/c26-24(31)21-16-28-23(14-22(21)27-15-17-7-2-1-3-8-17)29-19-11-6-12-20(13-19)30-25(32)18-9-4-5-10-18/h1-3,6-8,11-14,16,18H,4-5,9-10,15H2,(H2,26,31)(H,30,32)(H2,27,28,29). The lowest BCUT2D eigenvalue weighted by molar-refractivity contribution is -0.119. The average Bonchev–Trinajstić information content (AvgIpc) is 3.34. The van der Waals surface area contributed by atoms with Crippen LogP contribution in [-0.2, 0) is 11.3 Å². The average molecular weight is 430 g/mol. The van der Waals surface area contributed by atoms with E-state index in [4.69, 9.17) is 5.73 Å². The van der Waals surface area contributed by atoms with Crippen molar-refractivity contribution >= 4 is 34.7 Å². The zero-order valence-corrected chi connectivity index (χ0v) is 17.8. The molecular formula is C25H27N5O2. The number of hydrogen-bond acceptors (Lipinski definition) is 5. The van der Waals surface area contributed by atoms with Crippen LogP contribution in [0.2, 0.25) is 0 Å². The molecule has 1 aliphatic carbocycles. The van der Waals surface area contributed by atoms with Gasteiger partial charge in [-0.1, -0.05) is 49.2 Å². The third-order valence-corrected chi connectivity index (χ3v) is 5.62. The number of carbonyl (C=O) groups is 2. The quantitative estimate of drug-likeness (QED) is 0.416. The lowest BCUT2D eigenvalue weighted by atomic mass is 10.1. The molecule has 1 aromatic heterocycles. The Labute approximate surface area is 187 Å². The number of nitrogens with two attached hydrogens (primary N) is 1. The van der Waals surface area contributed by atoms with Crippen molar-refractivity contribution in [2.45, 2.75) is 32.2 Å². The van der Waals surface area contributed by atoms with Crippen LogP contribution in [-0.4, -0.2) is 16.8 Å². The maximum atomic E-state index is 12.4. The fraction of sp³-hybridized carbons (Fsp3) is 0.240. The first-order valence-electron chi connectivity index (χ1n) is 10.8. The lowest BCUT2D eigenvalue weighted by Gasteiger charge is -2.14. The molecule has 1 fully saturated rings. The summed E-state index contributed by atoms with van der Waals surface area (Å²) in [7, 11) is 0. The van der Waals surface area contributed by atoms with Crippen LogP contribution in [0.15, 0.2) is 66.9 Å². The molecule has 0 radical (unpaired) electrons. The fourth-order valence-electron chi connectivity index (χ4n) is 3.91. The zero-order chi connectivity index (χ0) is 22.3. The summed E-state index contributed by atoms with van der Waals surface area (Å²) >= 11 is 0. The summed E-state index contributed by atoms with van der Waals surface area (Å²) in [5.74, 6) is 0.199. The summed E-state index contributed by atoms with van der Waals surface area (Å²) in [4.78, 5) is 28.6. The Morgan fingerprint density at radius 2 is 1.72 bits per heavy atom. The van der Waals surface area contributed by atoms with Gasteiger partial charge in [-0.05, 0) is 36.6 Å². The van der Waals surface area contributed by atoms with Crippen molar-refractivity contribution in [3.63, 3.8) is 0 Å². The fourth-order valence-corrected chi connectivity index (χ4v) is 3.91. The second-order valence-corrected chi connectivity index (χ2v) is 7.99. The molecule has 32 heavy (non-hydrogen) atoms. The van der Waals surface area contributed by atoms with Crippen LogP contribution in [0.3, 0.4) is 0 Å². The number of amides is 2. The van der Waals surface area contributed by atoms with Crippen molar-refractivity contribution in [3.05, 3.63) is 78.0 Å². The minimum Gasteiger partial charge on any atom is -0.380 e. The number of nitrogens with zero attached hydrogens (tertiary/aromatic N) is 1. The van der Waals surface area contributed by atoms with E-state index in [0.717, 1.165) is 42.6 Å². The van der Waals surface area contributed by atoms with E-state index in [9.17, 15) is 9.59 Å². The van der Waals surface area contributed by atoms with Crippen molar-refractivity contribution in [2.75, 3.05) is 16.0 Å². The van der Waals surface area contributed by atoms with Crippen LogP contribution >= 0.6 is 0 Å². The van der Waals surface area contributed by atoms with Gasteiger partial charge >= 0.3 is 0 Å². The first-order valence-corrected chi connectivity index (χ1v) is 10.8. The Kier molecular flexibility index (Phi) is 6.65. The SMILES string of the molecule is NC(=O)c1cnc(Nc2cccc(NC(=O)C3CCCC3)c2)cc1NCc1ccccc1. The van der Waals surface area contributed by atoms with Crippen LogP contribution in [0.5, 0.6) is 0 Å². The Balaban J connectivity index is 1.47. The highest BCUT2D eigenvalue weighted by molar-refractivity contribution is 5.98. The molecule has 1 saturated carbocycles. The van der Waals surface area contributed by atoms with Gasteiger partial charge < -0.3 is 21.7 Å². The molecule has 5 N–H and O–H groups in total. The molecule has 0 spiro atoms. The number of nitrogens with one attached hydrogen (secondary N) is 3. The van der Waals surface area contributed by atoms with Gasteiger partial charge in [0.25, 0.3) is 5.91 Å². The number of aromatic nitrogens is 1. The van der Waals surface area contributed by atoms with Crippen LogP contribution in [0.4, 0.5) is 22.9 Å². The van der Waals surface area contributed by atoms with Crippen molar-refractivity contribution in [2.24, 2.45) is 11.7 Å². The van der Waals surface area contributed by atoms with E-state index >= 15 is 0 Å².